The number of nitrogens with zero attached hydrogens (tertiary/aromatic N) is 1. The maximum absolute atomic E-state index is 9.40. The number of aryl methyl sites for hydroxylation is 1. The van der Waals surface area contributed by atoms with Gasteiger partial charge in [0.2, 0.25) is 0 Å². The first-order valence-corrected chi connectivity index (χ1v) is 6.82. The highest BCUT2D eigenvalue weighted by Gasteiger charge is 2.19. The molecule has 0 bridgehead atoms. The number of rotatable bonds is 4. The predicted molar refractivity (Wildman–Crippen MR) is 69.0 cm³/mol. The third kappa shape index (κ3) is 3.51. The van der Waals surface area contributed by atoms with Gasteiger partial charge in [0.25, 0.3) is 0 Å². The first-order valence-electron chi connectivity index (χ1n) is 5.84. The van der Waals surface area contributed by atoms with Crippen molar-refractivity contribution in [3.05, 3.63) is 29.8 Å². The summed E-state index contributed by atoms with van der Waals surface area (Å²) < 4.78 is 0. The number of hydrogen-bond donors (Lipinski definition) is 1. The van der Waals surface area contributed by atoms with Gasteiger partial charge in [0.1, 0.15) is 0 Å². The van der Waals surface area contributed by atoms with Gasteiger partial charge in [0, 0.05) is 30.3 Å². The molecule has 0 aromatic heterocycles. The molecule has 0 unspecified atom stereocenters. The largest absolute Gasteiger partial charge is 0.392 e. The van der Waals surface area contributed by atoms with Crippen molar-refractivity contribution in [1.82, 2.24) is 4.90 Å². The summed E-state index contributed by atoms with van der Waals surface area (Å²) in [6.07, 6.45) is 0.847. The number of aliphatic hydroxyl groups excluding tert-OH is 1. The van der Waals surface area contributed by atoms with Crippen LogP contribution in [0.3, 0.4) is 0 Å². The summed E-state index contributed by atoms with van der Waals surface area (Å²) in [7, 11) is 0. The van der Waals surface area contributed by atoms with Gasteiger partial charge in [-0.1, -0.05) is 17.7 Å². The Hall–Kier alpha value is -0.510. The molecule has 0 spiro atoms. The summed E-state index contributed by atoms with van der Waals surface area (Å²) in [6, 6.07) is 8.67. The van der Waals surface area contributed by atoms with E-state index in [0.29, 0.717) is 0 Å². The van der Waals surface area contributed by atoms with Gasteiger partial charge in [-0.3, -0.25) is 4.90 Å². The van der Waals surface area contributed by atoms with Gasteiger partial charge in [-0.25, -0.2) is 0 Å². The molecule has 16 heavy (non-hydrogen) atoms. The quantitative estimate of drug-likeness (QED) is 0.812. The van der Waals surface area contributed by atoms with E-state index in [0.717, 1.165) is 31.8 Å². The molecule has 2 nitrogen and oxygen atoms in total. The Morgan fingerprint density at radius 1 is 1.38 bits per heavy atom. The van der Waals surface area contributed by atoms with E-state index < -0.39 is 0 Å². The van der Waals surface area contributed by atoms with E-state index in [1.807, 2.05) is 11.8 Å². The van der Waals surface area contributed by atoms with E-state index in [9.17, 15) is 5.11 Å². The van der Waals surface area contributed by atoms with Gasteiger partial charge < -0.3 is 5.11 Å². The molecule has 1 fully saturated rings. The van der Waals surface area contributed by atoms with E-state index >= 15 is 0 Å². The van der Waals surface area contributed by atoms with Crippen LogP contribution in [0, 0.1) is 6.92 Å². The molecule has 2 rings (SSSR count). The van der Waals surface area contributed by atoms with E-state index in [1.165, 1.54) is 10.5 Å². The molecule has 3 heteroatoms. The van der Waals surface area contributed by atoms with Gasteiger partial charge in [-0.15, -0.1) is 11.8 Å². The van der Waals surface area contributed by atoms with Gasteiger partial charge in [0.05, 0.1) is 6.10 Å². The van der Waals surface area contributed by atoms with Crippen molar-refractivity contribution in [1.29, 1.82) is 0 Å². The van der Waals surface area contributed by atoms with Crippen LogP contribution in [-0.4, -0.2) is 41.5 Å². The molecular formula is C13H19NOS. The molecule has 0 aliphatic carbocycles. The zero-order valence-electron chi connectivity index (χ0n) is 9.72. The average Bonchev–Trinajstić information content (AvgIpc) is 2.67. The molecule has 88 valence electrons. The molecule has 1 aromatic rings. The van der Waals surface area contributed by atoms with Crippen molar-refractivity contribution in [2.24, 2.45) is 0 Å². The van der Waals surface area contributed by atoms with Crippen LogP contribution in [0.5, 0.6) is 0 Å². The summed E-state index contributed by atoms with van der Waals surface area (Å²) in [5.41, 5.74) is 1.31. The number of thioether (sulfide) groups is 1. The molecule has 0 amide bonds. The van der Waals surface area contributed by atoms with Crippen molar-refractivity contribution in [2.45, 2.75) is 24.3 Å². The zero-order chi connectivity index (χ0) is 11.4. The van der Waals surface area contributed by atoms with Crippen molar-refractivity contribution >= 4 is 11.8 Å². The van der Waals surface area contributed by atoms with Crippen LogP contribution in [0.4, 0.5) is 0 Å². The van der Waals surface area contributed by atoms with E-state index in [1.54, 1.807) is 0 Å². The molecule has 0 saturated carbocycles. The molecular weight excluding hydrogens is 218 g/mol. The zero-order valence-corrected chi connectivity index (χ0v) is 10.5. The Balaban J connectivity index is 1.70. The normalized spacial score (nSPS) is 21.5. The number of aliphatic hydroxyl groups is 1. The van der Waals surface area contributed by atoms with Crippen LogP contribution in [-0.2, 0) is 0 Å². The summed E-state index contributed by atoms with van der Waals surface area (Å²) in [6.45, 7) is 5.10. The number of hydrogen-bond acceptors (Lipinski definition) is 3. The van der Waals surface area contributed by atoms with Crippen LogP contribution in [0.2, 0.25) is 0 Å². The molecule has 1 atom stereocenters. The van der Waals surface area contributed by atoms with Crippen molar-refractivity contribution < 1.29 is 5.11 Å². The van der Waals surface area contributed by atoms with Crippen LogP contribution in [0.15, 0.2) is 29.2 Å². The summed E-state index contributed by atoms with van der Waals surface area (Å²) in [5.74, 6) is 1.11. The van der Waals surface area contributed by atoms with Gasteiger partial charge in [-0.05, 0) is 25.5 Å². The summed E-state index contributed by atoms with van der Waals surface area (Å²) in [4.78, 5) is 3.68. The second kappa shape index (κ2) is 5.71. The van der Waals surface area contributed by atoms with Gasteiger partial charge in [-0.2, -0.15) is 0 Å². The van der Waals surface area contributed by atoms with Crippen LogP contribution in [0.25, 0.3) is 0 Å². The van der Waals surface area contributed by atoms with Crippen molar-refractivity contribution in [3.63, 3.8) is 0 Å². The van der Waals surface area contributed by atoms with Crippen LogP contribution in [0.1, 0.15) is 12.0 Å². The topological polar surface area (TPSA) is 23.5 Å². The lowest BCUT2D eigenvalue weighted by molar-refractivity contribution is 0.178. The third-order valence-corrected chi connectivity index (χ3v) is 3.94. The van der Waals surface area contributed by atoms with Crippen LogP contribution >= 0.6 is 11.8 Å². The molecule has 1 aliphatic heterocycles. The molecule has 1 aliphatic rings. The number of β-amino-alcohol motifs (C(OH)–C–C–N with tert-alkyl or cyclic N) is 1. The standard InChI is InChI=1S/C13H19NOS/c1-11-2-4-13(5-3-11)16-9-8-14-7-6-12(15)10-14/h2-5,12,15H,6-10H2,1H3/t12-/m0/s1. The van der Waals surface area contributed by atoms with Gasteiger partial charge >= 0.3 is 0 Å². The minimum atomic E-state index is -0.0932. The first kappa shape index (κ1) is 12.0. The Kier molecular flexibility index (Phi) is 4.27. The smallest absolute Gasteiger partial charge is 0.0679 e. The fraction of sp³-hybridized carbons (Fsp3) is 0.538. The summed E-state index contributed by atoms with van der Waals surface area (Å²) in [5, 5.41) is 9.40. The fourth-order valence-corrected chi connectivity index (χ4v) is 2.86. The lowest BCUT2D eigenvalue weighted by Gasteiger charge is -2.14. The molecule has 1 N–H and O–H groups in total. The molecule has 1 aromatic carbocycles. The van der Waals surface area contributed by atoms with Gasteiger partial charge in [0.15, 0.2) is 0 Å². The Morgan fingerprint density at radius 3 is 2.75 bits per heavy atom. The number of likely N-dealkylation sites (tertiary alicyclic amines) is 1. The highest BCUT2D eigenvalue weighted by molar-refractivity contribution is 7.99. The van der Waals surface area contributed by atoms with E-state index in [-0.39, 0.29) is 6.10 Å². The molecule has 0 radical (unpaired) electrons. The van der Waals surface area contributed by atoms with E-state index in [4.69, 9.17) is 0 Å². The minimum absolute atomic E-state index is 0.0932. The second-order valence-electron chi connectivity index (χ2n) is 4.40. The maximum atomic E-state index is 9.40. The number of benzene rings is 1. The van der Waals surface area contributed by atoms with Crippen molar-refractivity contribution in [3.8, 4) is 0 Å². The fourth-order valence-electron chi connectivity index (χ4n) is 1.94. The van der Waals surface area contributed by atoms with Crippen LogP contribution < -0.4 is 0 Å². The minimum Gasteiger partial charge on any atom is -0.392 e. The second-order valence-corrected chi connectivity index (χ2v) is 5.57. The Labute approximate surface area is 102 Å². The SMILES string of the molecule is Cc1ccc(SCCN2CC[C@H](O)C2)cc1. The average molecular weight is 237 g/mol. The lowest BCUT2D eigenvalue weighted by atomic mass is 10.2. The monoisotopic (exact) mass is 237 g/mol. The Bertz CT molecular complexity index is 325. The Morgan fingerprint density at radius 2 is 2.12 bits per heavy atom. The third-order valence-electron chi connectivity index (χ3n) is 2.94. The lowest BCUT2D eigenvalue weighted by Crippen LogP contribution is -2.24. The highest BCUT2D eigenvalue weighted by atomic mass is 32.2. The van der Waals surface area contributed by atoms with Crippen molar-refractivity contribution in [2.75, 3.05) is 25.4 Å². The highest BCUT2D eigenvalue weighted by Crippen LogP contribution is 2.19. The predicted octanol–water partition coefficient (Wildman–Crippen LogP) is 2.15. The maximum Gasteiger partial charge on any atom is 0.0679 e. The molecule has 1 heterocycles. The van der Waals surface area contributed by atoms with E-state index in [2.05, 4.69) is 36.1 Å². The molecule has 1 saturated heterocycles. The summed E-state index contributed by atoms with van der Waals surface area (Å²) >= 11 is 1.89. The first-order chi connectivity index (χ1) is 7.74.